The number of carbonyl (C=O) groups excluding carboxylic acids is 1. The summed E-state index contributed by atoms with van der Waals surface area (Å²) in [6.45, 7) is 11.1. The lowest BCUT2D eigenvalue weighted by Crippen LogP contribution is -2.37. The Labute approximate surface area is 149 Å². The molecule has 0 unspecified atom stereocenters. The van der Waals surface area contributed by atoms with Gasteiger partial charge in [0.15, 0.2) is 0 Å². The number of rotatable bonds is 6. The molecule has 0 aliphatic heterocycles. The van der Waals surface area contributed by atoms with E-state index < -0.39 is 23.6 Å². The van der Waals surface area contributed by atoms with Crippen molar-refractivity contribution in [1.82, 2.24) is 5.32 Å². The van der Waals surface area contributed by atoms with Gasteiger partial charge >= 0.3 is 12.1 Å². The number of alkyl carbamates (subject to hydrolysis) is 1. The van der Waals surface area contributed by atoms with Crippen molar-refractivity contribution in [2.24, 2.45) is 5.92 Å². The van der Waals surface area contributed by atoms with E-state index in [2.05, 4.69) is 5.32 Å². The fourth-order valence-corrected chi connectivity index (χ4v) is 2.10. The van der Waals surface area contributed by atoms with Gasteiger partial charge in [-0.1, -0.05) is 12.1 Å². The molecule has 0 spiro atoms. The number of benzene rings is 1. The second kappa shape index (κ2) is 8.23. The van der Waals surface area contributed by atoms with Gasteiger partial charge in [-0.3, -0.25) is 4.79 Å². The van der Waals surface area contributed by atoms with E-state index in [1.54, 1.807) is 20.8 Å². The van der Waals surface area contributed by atoms with Crippen LogP contribution in [0.3, 0.4) is 0 Å². The van der Waals surface area contributed by atoms with E-state index in [0.717, 1.165) is 11.3 Å². The smallest absolute Gasteiger partial charge is 0.407 e. The van der Waals surface area contributed by atoms with Gasteiger partial charge in [0.05, 0.1) is 5.92 Å². The molecule has 6 heteroatoms. The van der Waals surface area contributed by atoms with Gasteiger partial charge in [0.1, 0.15) is 17.0 Å². The van der Waals surface area contributed by atoms with Crippen molar-refractivity contribution in [1.29, 1.82) is 0 Å². The molecule has 25 heavy (non-hydrogen) atoms. The average molecular weight is 351 g/mol. The summed E-state index contributed by atoms with van der Waals surface area (Å²) in [5.41, 5.74) is -0.0478. The first-order chi connectivity index (χ1) is 11.4. The number of carboxylic acids is 1. The van der Waals surface area contributed by atoms with Gasteiger partial charge in [-0.15, -0.1) is 0 Å². The van der Waals surface area contributed by atoms with Gasteiger partial charge in [-0.25, -0.2) is 4.79 Å². The first kappa shape index (κ1) is 20.8. The lowest BCUT2D eigenvalue weighted by molar-refractivity contribution is -0.141. The van der Waals surface area contributed by atoms with Gasteiger partial charge in [0, 0.05) is 6.54 Å². The van der Waals surface area contributed by atoms with Crippen LogP contribution in [0.4, 0.5) is 4.79 Å². The highest BCUT2D eigenvalue weighted by Gasteiger charge is 2.22. The van der Waals surface area contributed by atoms with Crippen LogP contribution in [0, 0.1) is 5.92 Å². The third kappa shape index (κ3) is 8.98. The molecular formula is C19H29NO5. The minimum atomic E-state index is -0.967. The van der Waals surface area contributed by atoms with Crippen LogP contribution in [0.1, 0.15) is 47.1 Å². The molecule has 0 aliphatic rings. The van der Waals surface area contributed by atoms with E-state index in [1.807, 2.05) is 45.0 Å². The summed E-state index contributed by atoms with van der Waals surface area (Å²) in [6, 6.07) is 7.32. The number of hydrogen-bond donors (Lipinski definition) is 2. The van der Waals surface area contributed by atoms with Gasteiger partial charge in [0.25, 0.3) is 0 Å². The first-order valence-electron chi connectivity index (χ1n) is 8.33. The topological polar surface area (TPSA) is 84.9 Å². The maximum Gasteiger partial charge on any atom is 0.407 e. The maximum atomic E-state index is 11.7. The minimum Gasteiger partial charge on any atom is -0.488 e. The SMILES string of the molecule is CC(C)(C)OC(=O)NC[C@@H](Cc1ccc(OC(C)(C)C)cc1)C(=O)O. The Morgan fingerprint density at radius 1 is 1.04 bits per heavy atom. The van der Waals surface area contributed by atoms with Crippen LogP contribution < -0.4 is 10.1 Å². The van der Waals surface area contributed by atoms with Gasteiger partial charge in [0.2, 0.25) is 0 Å². The number of ether oxygens (including phenoxy) is 2. The predicted molar refractivity (Wildman–Crippen MR) is 95.9 cm³/mol. The van der Waals surface area contributed by atoms with Crippen LogP contribution in [0.25, 0.3) is 0 Å². The maximum absolute atomic E-state index is 11.7. The number of carbonyl (C=O) groups is 2. The lowest BCUT2D eigenvalue weighted by Gasteiger charge is -2.22. The van der Waals surface area contributed by atoms with E-state index in [0.29, 0.717) is 6.42 Å². The number of amides is 1. The normalized spacial score (nSPS) is 13.0. The second-order valence-electron chi connectivity index (χ2n) is 7.98. The second-order valence-corrected chi connectivity index (χ2v) is 7.98. The Morgan fingerprint density at radius 3 is 2.04 bits per heavy atom. The van der Waals surface area contributed by atoms with Crippen LogP contribution in [0.5, 0.6) is 5.75 Å². The molecule has 6 nitrogen and oxygen atoms in total. The fourth-order valence-electron chi connectivity index (χ4n) is 2.10. The van der Waals surface area contributed by atoms with Crippen molar-refractivity contribution in [3.05, 3.63) is 29.8 Å². The molecule has 1 rings (SSSR count). The largest absolute Gasteiger partial charge is 0.488 e. The van der Waals surface area contributed by atoms with E-state index in [-0.39, 0.29) is 12.1 Å². The van der Waals surface area contributed by atoms with Crippen molar-refractivity contribution in [3.8, 4) is 5.75 Å². The summed E-state index contributed by atoms with van der Waals surface area (Å²) in [6.07, 6.45) is -0.311. The minimum absolute atomic E-state index is 0.00445. The highest BCUT2D eigenvalue weighted by atomic mass is 16.6. The highest BCUT2D eigenvalue weighted by Crippen LogP contribution is 2.20. The van der Waals surface area contributed by atoms with Gasteiger partial charge in [-0.2, -0.15) is 0 Å². The Hall–Kier alpha value is -2.24. The van der Waals surface area contributed by atoms with E-state index >= 15 is 0 Å². The van der Waals surface area contributed by atoms with Crippen molar-refractivity contribution in [2.75, 3.05) is 6.54 Å². The standard InChI is InChI=1S/C19H29NO5/c1-18(2,3)24-15-9-7-13(8-10-15)11-14(16(21)22)12-20-17(23)25-19(4,5)6/h7-10,14H,11-12H2,1-6H3,(H,20,23)(H,21,22)/t14-/m1/s1. The predicted octanol–water partition coefficient (Wildman–Crippen LogP) is 3.63. The summed E-state index contributed by atoms with van der Waals surface area (Å²) in [4.78, 5) is 23.1. The molecule has 2 N–H and O–H groups in total. The Kier molecular flexibility index (Phi) is 6.85. The molecule has 0 fully saturated rings. The van der Waals surface area contributed by atoms with Crippen molar-refractivity contribution >= 4 is 12.1 Å². The summed E-state index contributed by atoms with van der Waals surface area (Å²) in [5, 5.41) is 11.9. The Bertz CT molecular complexity index is 581. The monoisotopic (exact) mass is 351 g/mol. The third-order valence-corrected chi connectivity index (χ3v) is 3.07. The molecule has 1 atom stereocenters. The van der Waals surface area contributed by atoms with Crippen molar-refractivity contribution in [3.63, 3.8) is 0 Å². The summed E-state index contributed by atoms with van der Waals surface area (Å²) < 4.78 is 10.9. The Balaban J connectivity index is 2.63. The van der Waals surface area contributed by atoms with Crippen molar-refractivity contribution in [2.45, 2.75) is 59.2 Å². The van der Waals surface area contributed by atoms with E-state index in [1.165, 1.54) is 0 Å². The number of hydrogen-bond acceptors (Lipinski definition) is 4. The highest BCUT2D eigenvalue weighted by molar-refractivity contribution is 5.73. The molecule has 0 bridgehead atoms. The molecular weight excluding hydrogens is 322 g/mol. The number of nitrogens with one attached hydrogen (secondary N) is 1. The lowest BCUT2D eigenvalue weighted by atomic mass is 9.99. The molecule has 0 heterocycles. The van der Waals surface area contributed by atoms with Gasteiger partial charge in [-0.05, 0) is 65.7 Å². The van der Waals surface area contributed by atoms with Crippen molar-refractivity contribution < 1.29 is 24.2 Å². The molecule has 1 aromatic rings. The van der Waals surface area contributed by atoms with Crippen LogP contribution in [-0.4, -0.2) is 34.9 Å². The molecule has 1 aromatic carbocycles. The zero-order chi connectivity index (χ0) is 19.3. The van der Waals surface area contributed by atoms with Crippen LogP contribution in [-0.2, 0) is 16.0 Å². The van der Waals surface area contributed by atoms with E-state index in [4.69, 9.17) is 9.47 Å². The number of carboxylic acid groups (broad SMARTS) is 1. The molecule has 1 amide bonds. The quantitative estimate of drug-likeness (QED) is 0.817. The molecule has 0 radical (unpaired) electrons. The molecule has 140 valence electrons. The zero-order valence-corrected chi connectivity index (χ0v) is 15.9. The van der Waals surface area contributed by atoms with Crippen LogP contribution in [0.2, 0.25) is 0 Å². The van der Waals surface area contributed by atoms with Crippen LogP contribution in [0.15, 0.2) is 24.3 Å². The molecule has 0 saturated heterocycles. The molecule has 0 aromatic heterocycles. The summed E-state index contributed by atoms with van der Waals surface area (Å²) in [5.74, 6) is -0.969. The van der Waals surface area contributed by atoms with E-state index in [9.17, 15) is 14.7 Å². The summed E-state index contributed by atoms with van der Waals surface area (Å²) >= 11 is 0. The average Bonchev–Trinajstić information content (AvgIpc) is 2.41. The van der Waals surface area contributed by atoms with Gasteiger partial charge < -0.3 is 19.9 Å². The molecule has 0 aliphatic carbocycles. The summed E-state index contributed by atoms with van der Waals surface area (Å²) in [7, 11) is 0. The number of aliphatic carboxylic acids is 1. The third-order valence-electron chi connectivity index (χ3n) is 3.07. The Morgan fingerprint density at radius 2 is 1.60 bits per heavy atom. The fraction of sp³-hybridized carbons (Fsp3) is 0.579. The first-order valence-corrected chi connectivity index (χ1v) is 8.33. The van der Waals surface area contributed by atoms with Crippen LogP contribution >= 0.6 is 0 Å². The zero-order valence-electron chi connectivity index (χ0n) is 15.9. The molecule has 0 saturated carbocycles.